The standard InChI is InChI=1S/C16H20N4.C15H20N4.2CH4/c17-13-1-5-15(6-2-13)19-9-11-20(12-10-19)16-7-3-14(18)4-8-16;1-18(14-7-3-12(16)4-8-14)11-19(2)15-9-5-13(17)6-10-15;;/h1-8H,9-12,17-18H2;3-10H,11,16-17H2,1-2H3;2*1H4. The van der Waals surface area contributed by atoms with Crippen molar-refractivity contribution in [2.75, 3.05) is 89.5 Å². The summed E-state index contributed by atoms with van der Waals surface area (Å²) in [5.74, 6) is 0. The average molecular weight is 557 g/mol. The molecule has 4 aromatic rings. The second kappa shape index (κ2) is 15.2. The van der Waals surface area contributed by atoms with Crippen LogP contribution in [0.25, 0.3) is 0 Å². The fourth-order valence-electron chi connectivity index (χ4n) is 4.53. The highest BCUT2D eigenvalue weighted by atomic mass is 15.3. The molecular formula is C33H48N8. The van der Waals surface area contributed by atoms with Gasteiger partial charge in [0.2, 0.25) is 0 Å². The summed E-state index contributed by atoms with van der Waals surface area (Å²) < 4.78 is 0. The highest BCUT2D eigenvalue weighted by Crippen LogP contribution is 2.22. The number of hydrogen-bond acceptors (Lipinski definition) is 8. The summed E-state index contributed by atoms with van der Waals surface area (Å²) in [6, 6.07) is 31.9. The number of nitrogens with two attached hydrogens (primary N) is 4. The third-order valence-electron chi connectivity index (χ3n) is 6.89. The summed E-state index contributed by atoms with van der Waals surface area (Å²) >= 11 is 0. The minimum absolute atomic E-state index is 0. The quantitative estimate of drug-likeness (QED) is 0.173. The molecule has 0 unspecified atom stereocenters. The van der Waals surface area contributed by atoms with E-state index in [1.807, 2.05) is 72.8 Å². The van der Waals surface area contributed by atoms with Crippen LogP contribution < -0.4 is 42.5 Å². The van der Waals surface area contributed by atoms with E-state index >= 15 is 0 Å². The van der Waals surface area contributed by atoms with Crippen LogP contribution in [0.5, 0.6) is 0 Å². The Labute approximate surface area is 246 Å². The number of anilines is 8. The lowest BCUT2D eigenvalue weighted by Gasteiger charge is -2.37. The molecule has 220 valence electrons. The van der Waals surface area contributed by atoms with Crippen LogP contribution in [0, 0.1) is 0 Å². The summed E-state index contributed by atoms with van der Waals surface area (Å²) in [6.45, 7) is 4.87. The van der Waals surface area contributed by atoms with Crippen molar-refractivity contribution in [2.45, 2.75) is 14.9 Å². The van der Waals surface area contributed by atoms with Crippen LogP contribution >= 0.6 is 0 Å². The monoisotopic (exact) mass is 556 g/mol. The Kier molecular flexibility index (Phi) is 12.0. The molecule has 4 aromatic carbocycles. The minimum atomic E-state index is 0. The van der Waals surface area contributed by atoms with Crippen molar-refractivity contribution in [3.8, 4) is 0 Å². The van der Waals surface area contributed by atoms with E-state index < -0.39 is 0 Å². The molecule has 1 fully saturated rings. The second-order valence-electron chi connectivity index (χ2n) is 9.88. The minimum Gasteiger partial charge on any atom is -0.399 e. The van der Waals surface area contributed by atoms with Gasteiger partial charge < -0.3 is 42.5 Å². The van der Waals surface area contributed by atoms with Crippen molar-refractivity contribution in [3.05, 3.63) is 97.1 Å². The third-order valence-corrected chi connectivity index (χ3v) is 6.89. The maximum atomic E-state index is 5.73. The highest BCUT2D eigenvalue weighted by Gasteiger charge is 2.17. The molecule has 0 atom stereocenters. The first-order chi connectivity index (χ1) is 18.8. The molecule has 0 amide bonds. The molecule has 8 N–H and O–H groups in total. The zero-order valence-corrected chi connectivity index (χ0v) is 22.9. The molecule has 5 rings (SSSR count). The number of nitrogens with zero attached hydrogens (tertiary/aromatic N) is 4. The Balaban J connectivity index is 0.000000274. The van der Waals surface area contributed by atoms with Crippen molar-refractivity contribution < 1.29 is 0 Å². The van der Waals surface area contributed by atoms with Crippen molar-refractivity contribution >= 4 is 45.5 Å². The molecule has 8 nitrogen and oxygen atoms in total. The molecule has 1 aliphatic rings. The SMILES string of the molecule is C.C.CN(CN(C)c1ccc(N)cc1)c1ccc(N)cc1.Nc1ccc(N2CCN(c3ccc(N)cc3)CC2)cc1. The van der Waals surface area contributed by atoms with Crippen LogP contribution in [0.4, 0.5) is 45.5 Å². The Morgan fingerprint density at radius 2 is 0.707 bits per heavy atom. The van der Waals surface area contributed by atoms with E-state index in [0.29, 0.717) is 0 Å². The second-order valence-corrected chi connectivity index (χ2v) is 9.88. The molecule has 1 heterocycles. The van der Waals surface area contributed by atoms with Crippen molar-refractivity contribution in [1.82, 2.24) is 0 Å². The zero-order chi connectivity index (χ0) is 27.8. The van der Waals surface area contributed by atoms with E-state index in [1.165, 1.54) is 11.4 Å². The first-order valence-corrected chi connectivity index (χ1v) is 13.1. The fourth-order valence-corrected chi connectivity index (χ4v) is 4.53. The topological polar surface area (TPSA) is 117 Å². The van der Waals surface area contributed by atoms with Gasteiger partial charge in [-0.3, -0.25) is 0 Å². The van der Waals surface area contributed by atoms with E-state index in [4.69, 9.17) is 22.9 Å². The number of hydrogen-bond donors (Lipinski definition) is 4. The zero-order valence-electron chi connectivity index (χ0n) is 22.9. The molecule has 8 heteroatoms. The van der Waals surface area contributed by atoms with Crippen LogP contribution in [0.3, 0.4) is 0 Å². The molecule has 0 radical (unpaired) electrons. The summed E-state index contributed by atoms with van der Waals surface area (Å²) in [7, 11) is 4.11. The van der Waals surface area contributed by atoms with Crippen LogP contribution in [-0.4, -0.2) is 46.9 Å². The number of benzene rings is 4. The van der Waals surface area contributed by atoms with E-state index in [0.717, 1.165) is 67.0 Å². The van der Waals surface area contributed by atoms with Crippen LogP contribution in [-0.2, 0) is 0 Å². The molecule has 0 aliphatic carbocycles. The lowest BCUT2D eigenvalue weighted by Crippen LogP contribution is -2.46. The van der Waals surface area contributed by atoms with Crippen molar-refractivity contribution in [3.63, 3.8) is 0 Å². The van der Waals surface area contributed by atoms with Gasteiger partial charge in [0.05, 0.1) is 6.67 Å². The molecular weight excluding hydrogens is 508 g/mol. The molecule has 1 aliphatic heterocycles. The molecule has 0 bridgehead atoms. The van der Waals surface area contributed by atoms with Gasteiger partial charge in [-0.1, -0.05) is 14.9 Å². The summed E-state index contributed by atoms with van der Waals surface area (Å²) in [6.07, 6.45) is 0. The summed E-state index contributed by atoms with van der Waals surface area (Å²) in [5, 5.41) is 0. The predicted octanol–water partition coefficient (Wildman–Crippen LogP) is 5.83. The Morgan fingerprint density at radius 3 is 0.976 bits per heavy atom. The number of rotatable bonds is 6. The molecule has 0 aromatic heterocycles. The van der Waals surface area contributed by atoms with Gasteiger partial charge in [-0.2, -0.15) is 0 Å². The Bertz CT molecular complexity index is 1180. The molecule has 1 saturated heterocycles. The third kappa shape index (κ3) is 9.17. The number of piperazine rings is 1. The molecule has 41 heavy (non-hydrogen) atoms. The smallest absolute Gasteiger partial charge is 0.0896 e. The van der Waals surface area contributed by atoms with Crippen molar-refractivity contribution in [1.29, 1.82) is 0 Å². The van der Waals surface area contributed by atoms with Crippen LogP contribution in [0.15, 0.2) is 97.1 Å². The maximum Gasteiger partial charge on any atom is 0.0896 e. The van der Waals surface area contributed by atoms with Crippen LogP contribution in [0.2, 0.25) is 0 Å². The molecule has 0 saturated carbocycles. The van der Waals surface area contributed by atoms with Crippen LogP contribution in [0.1, 0.15) is 14.9 Å². The summed E-state index contributed by atoms with van der Waals surface area (Å²) in [5.41, 5.74) is 30.8. The Morgan fingerprint density at radius 1 is 0.463 bits per heavy atom. The average Bonchev–Trinajstić information content (AvgIpc) is 2.95. The maximum absolute atomic E-state index is 5.73. The van der Waals surface area contributed by atoms with E-state index in [9.17, 15) is 0 Å². The van der Waals surface area contributed by atoms with Gasteiger partial charge in [0.15, 0.2) is 0 Å². The van der Waals surface area contributed by atoms with Gasteiger partial charge in [-0.15, -0.1) is 0 Å². The van der Waals surface area contributed by atoms with E-state index in [-0.39, 0.29) is 14.9 Å². The summed E-state index contributed by atoms with van der Waals surface area (Å²) in [4.78, 5) is 9.12. The van der Waals surface area contributed by atoms with Gasteiger partial charge >= 0.3 is 0 Å². The molecule has 0 spiro atoms. The van der Waals surface area contributed by atoms with Gasteiger partial charge in [0.25, 0.3) is 0 Å². The van der Waals surface area contributed by atoms with Gasteiger partial charge in [0, 0.05) is 85.8 Å². The van der Waals surface area contributed by atoms with Gasteiger partial charge in [-0.25, -0.2) is 0 Å². The lowest BCUT2D eigenvalue weighted by molar-refractivity contribution is 0.653. The highest BCUT2D eigenvalue weighted by molar-refractivity contribution is 5.58. The first kappa shape index (κ1) is 32.5. The van der Waals surface area contributed by atoms with E-state index in [1.54, 1.807) is 0 Å². The van der Waals surface area contributed by atoms with E-state index in [2.05, 4.69) is 58.0 Å². The normalized spacial score (nSPS) is 12.2. The van der Waals surface area contributed by atoms with Gasteiger partial charge in [0.1, 0.15) is 0 Å². The first-order valence-electron chi connectivity index (χ1n) is 13.1. The largest absolute Gasteiger partial charge is 0.399 e. The fraction of sp³-hybridized carbons (Fsp3) is 0.273. The lowest BCUT2D eigenvalue weighted by atomic mass is 10.2. The predicted molar refractivity (Wildman–Crippen MR) is 183 cm³/mol. The number of nitrogen functional groups attached to an aromatic ring is 4. The van der Waals surface area contributed by atoms with Gasteiger partial charge in [-0.05, 0) is 97.1 Å². The Hall–Kier alpha value is -4.72. The van der Waals surface area contributed by atoms with Crippen molar-refractivity contribution in [2.24, 2.45) is 0 Å².